The highest BCUT2D eigenvalue weighted by molar-refractivity contribution is 7.78. The molecule has 0 spiro atoms. The molecule has 0 heterocycles. The van der Waals surface area contributed by atoms with Crippen molar-refractivity contribution in [3.63, 3.8) is 0 Å². The van der Waals surface area contributed by atoms with E-state index in [-0.39, 0.29) is 0 Å². The van der Waals surface area contributed by atoms with Gasteiger partial charge in [-0.2, -0.15) is 5.26 Å². The molecule has 1 aromatic rings. The molecule has 1 rings (SSSR count). The lowest BCUT2D eigenvalue weighted by atomic mass is 10.1. The van der Waals surface area contributed by atoms with Gasteiger partial charge in [0.25, 0.3) is 0 Å². The van der Waals surface area contributed by atoms with Crippen molar-refractivity contribution in [2.75, 3.05) is 0 Å². The van der Waals surface area contributed by atoms with Crippen LogP contribution in [0, 0.1) is 11.3 Å². The Bertz CT molecular complexity index is 278. The van der Waals surface area contributed by atoms with Crippen LogP contribution in [-0.2, 0) is 6.54 Å². The first-order chi connectivity index (χ1) is 5.36. The van der Waals surface area contributed by atoms with Crippen LogP contribution in [0.5, 0.6) is 0 Å². The Hall–Kier alpha value is -0.980. The minimum atomic E-state index is 0.679. The highest BCUT2D eigenvalue weighted by atomic mass is 32.1. The van der Waals surface area contributed by atoms with Gasteiger partial charge in [-0.15, -0.1) is 0 Å². The standard InChI is InChI=1S/C8H8N2S/c9-5-7-2-1-3-8(4-7)6-10-11/h1-4,10-11H,6H2. The summed E-state index contributed by atoms with van der Waals surface area (Å²) < 4.78 is 2.72. The van der Waals surface area contributed by atoms with Crippen molar-refractivity contribution in [2.24, 2.45) is 0 Å². The lowest BCUT2D eigenvalue weighted by molar-refractivity contribution is 0.984. The monoisotopic (exact) mass is 164 g/mol. The van der Waals surface area contributed by atoms with Gasteiger partial charge >= 0.3 is 0 Å². The largest absolute Gasteiger partial charge is 0.262 e. The summed E-state index contributed by atoms with van der Waals surface area (Å²) in [6.45, 7) is 0.679. The average Bonchev–Trinajstić information content (AvgIpc) is 2.06. The molecule has 0 atom stereocenters. The van der Waals surface area contributed by atoms with Crippen molar-refractivity contribution < 1.29 is 0 Å². The van der Waals surface area contributed by atoms with Crippen LogP contribution in [0.4, 0.5) is 0 Å². The zero-order valence-corrected chi connectivity index (χ0v) is 6.81. The molecule has 0 aliphatic heterocycles. The summed E-state index contributed by atoms with van der Waals surface area (Å²) in [7, 11) is 0. The summed E-state index contributed by atoms with van der Waals surface area (Å²) in [5.74, 6) is 0. The molecule has 11 heavy (non-hydrogen) atoms. The molecule has 0 aliphatic rings. The second-order valence-electron chi connectivity index (χ2n) is 2.15. The number of nitriles is 1. The van der Waals surface area contributed by atoms with Crippen LogP contribution in [0.25, 0.3) is 0 Å². The first kappa shape index (κ1) is 8.12. The molecule has 1 N–H and O–H groups in total. The van der Waals surface area contributed by atoms with Crippen LogP contribution < -0.4 is 4.72 Å². The highest BCUT2D eigenvalue weighted by Gasteiger charge is 1.92. The van der Waals surface area contributed by atoms with Crippen LogP contribution in [0.2, 0.25) is 0 Å². The molecule has 0 radical (unpaired) electrons. The third-order valence-electron chi connectivity index (χ3n) is 1.34. The molecule has 0 fully saturated rings. The predicted octanol–water partition coefficient (Wildman–Crippen LogP) is 1.49. The Balaban J connectivity index is 2.85. The van der Waals surface area contributed by atoms with E-state index in [1.54, 1.807) is 6.07 Å². The van der Waals surface area contributed by atoms with E-state index in [0.29, 0.717) is 12.1 Å². The van der Waals surface area contributed by atoms with E-state index in [0.717, 1.165) is 5.56 Å². The topological polar surface area (TPSA) is 35.8 Å². The Morgan fingerprint density at radius 3 is 3.00 bits per heavy atom. The van der Waals surface area contributed by atoms with Crippen molar-refractivity contribution in [1.29, 1.82) is 5.26 Å². The second-order valence-corrected chi connectivity index (χ2v) is 2.46. The molecule has 0 unspecified atom stereocenters. The number of nitrogens with one attached hydrogen (secondary N) is 1. The van der Waals surface area contributed by atoms with Gasteiger partial charge in [0.15, 0.2) is 0 Å². The van der Waals surface area contributed by atoms with Crippen LogP contribution in [0.3, 0.4) is 0 Å². The smallest absolute Gasteiger partial charge is 0.0991 e. The molecule has 0 aromatic heterocycles. The summed E-state index contributed by atoms with van der Waals surface area (Å²) >= 11 is 3.86. The van der Waals surface area contributed by atoms with E-state index < -0.39 is 0 Å². The first-order valence-electron chi connectivity index (χ1n) is 3.23. The maximum atomic E-state index is 8.54. The average molecular weight is 164 g/mol. The number of benzene rings is 1. The molecule has 1 aromatic carbocycles. The van der Waals surface area contributed by atoms with Gasteiger partial charge in [0, 0.05) is 6.54 Å². The summed E-state index contributed by atoms with van der Waals surface area (Å²) in [4.78, 5) is 0. The molecular formula is C8H8N2S. The molecule has 0 bridgehead atoms. The minimum absolute atomic E-state index is 0.679. The fraction of sp³-hybridized carbons (Fsp3) is 0.125. The SMILES string of the molecule is N#Cc1cccc(CNS)c1. The predicted molar refractivity (Wildman–Crippen MR) is 47.0 cm³/mol. The Morgan fingerprint density at radius 1 is 1.55 bits per heavy atom. The van der Waals surface area contributed by atoms with Crippen LogP contribution in [-0.4, -0.2) is 0 Å². The van der Waals surface area contributed by atoms with Gasteiger partial charge < -0.3 is 0 Å². The van der Waals surface area contributed by atoms with Crippen molar-refractivity contribution in [3.05, 3.63) is 35.4 Å². The van der Waals surface area contributed by atoms with Crippen molar-refractivity contribution in [2.45, 2.75) is 6.54 Å². The van der Waals surface area contributed by atoms with Gasteiger partial charge in [-0.05, 0) is 17.7 Å². The Labute approximate surface area is 71.4 Å². The van der Waals surface area contributed by atoms with Crippen LogP contribution in [0.1, 0.15) is 11.1 Å². The van der Waals surface area contributed by atoms with Crippen molar-refractivity contribution >= 4 is 12.8 Å². The quantitative estimate of drug-likeness (QED) is 0.650. The molecule has 56 valence electrons. The third-order valence-corrected chi connectivity index (χ3v) is 1.50. The zero-order chi connectivity index (χ0) is 8.10. The summed E-state index contributed by atoms with van der Waals surface area (Å²) in [6.07, 6.45) is 0. The zero-order valence-electron chi connectivity index (χ0n) is 5.91. The van der Waals surface area contributed by atoms with Gasteiger partial charge in [-0.25, -0.2) is 0 Å². The van der Waals surface area contributed by atoms with E-state index in [1.165, 1.54) is 0 Å². The Kier molecular flexibility index (Phi) is 2.96. The Morgan fingerprint density at radius 2 is 2.36 bits per heavy atom. The number of thiol groups is 1. The lowest BCUT2D eigenvalue weighted by Crippen LogP contribution is -1.97. The molecule has 0 saturated heterocycles. The van der Waals surface area contributed by atoms with Gasteiger partial charge in [-0.3, -0.25) is 4.72 Å². The van der Waals surface area contributed by atoms with E-state index >= 15 is 0 Å². The fourth-order valence-electron chi connectivity index (χ4n) is 0.842. The molecule has 0 amide bonds. The van der Waals surface area contributed by atoms with E-state index in [4.69, 9.17) is 5.26 Å². The van der Waals surface area contributed by atoms with Crippen LogP contribution in [0.15, 0.2) is 24.3 Å². The third kappa shape index (κ3) is 2.26. The van der Waals surface area contributed by atoms with Crippen LogP contribution >= 0.6 is 12.8 Å². The fourth-order valence-corrected chi connectivity index (χ4v) is 1.02. The van der Waals surface area contributed by atoms with Gasteiger partial charge in [0.05, 0.1) is 11.6 Å². The summed E-state index contributed by atoms with van der Waals surface area (Å²) in [6, 6.07) is 9.50. The summed E-state index contributed by atoms with van der Waals surface area (Å²) in [5, 5.41) is 8.54. The number of hydrogen-bond donors (Lipinski definition) is 2. The van der Waals surface area contributed by atoms with E-state index in [2.05, 4.69) is 23.6 Å². The maximum Gasteiger partial charge on any atom is 0.0991 e. The highest BCUT2D eigenvalue weighted by Crippen LogP contribution is 2.03. The normalized spacial score (nSPS) is 9.09. The first-order valence-corrected chi connectivity index (χ1v) is 3.67. The minimum Gasteiger partial charge on any atom is -0.262 e. The summed E-state index contributed by atoms with van der Waals surface area (Å²) in [5.41, 5.74) is 1.75. The molecular weight excluding hydrogens is 156 g/mol. The second kappa shape index (κ2) is 4.02. The van der Waals surface area contributed by atoms with Crippen molar-refractivity contribution in [1.82, 2.24) is 4.72 Å². The lowest BCUT2D eigenvalue weighted by Gasteiger charge is -1.97. The van der Waals surface area contributed by atoms with Gasteiger partial charge in [0.2, 0.25) is 0 Å². The number of rotatable bonds is 2. The molecule has 3 heteroatoms. The van der Waals surface area contributed by atoms with Crippen molar-refractivity contribution in [3.8, 4) is 6.07 Å². The molecule has 2 nitrogen and oxygen atoms in total. The number of hydrogen-bond acceptors (Lipinski definition) is 3. The maximum absolute atomic E-state index is 8.54. The van der Waals surface area contributed by atoms with E-state index in [9.17, 15) is 0 Å². The molecule has 0 saturated carbocycles. The van der Waals surface area contributed by atoms with E-state index in [1.807, 2.05) is 18.2 Å². The van der Waals surface area contributed by atoms with Gasteiger partial charge in [0.1, 0.15) is 0 Å². The van der Waals surface area contributed by atoms with Gasteiger partial charge in [-0.1, -0.05) is 24.9 Å². The molecule has 0 aliphatic carbocycles. The number of nitrogens with zero attached hydrogens (tertiary/aromatic N) is 1.